The van der Waals surface area contributed by atoms with Crippen LogP contribution < -0.4 is 0 Å². The number of benzene rings is 1. The van der Waals surface area contributed by atoms with Crippen molar-refractivity contribution in [2.45, 2.75) is 59.2 Å². The molecule has 1 fully saturated rings. The number of carbonyl (C=O) groups excluding carboxylic acids is 1. The van der Waals surface area contributed by atoms with Crippen LogP contribution in [0.5, 0.6) is 0 Å². The minimum atomic E-state index is -1.44. The van der Waals surface area contributed by atoms with Crippen LogP contribution in [0, 0.1) is 18.3 Å². The third-order valence-electron chi connectivity index (χ3n) is 4.80. The Labute approximate surface area is 148 Å². The van der Waals surface area contributed by atoms with E-state index >= 15 is 0 Å². The molecule has 0 spiro atoms. The molecule has 6 heteroatoms. The first-order chi connectivity index (χ1) is 11.6. The SMILES string of the molecule is Cc1ccc(C(=O)OOC2(OC(=O)O)CCC(C(C)(C)C)CC2)cc1. The summed E-state index contributed by atoms with van der Waals surface area (Å²) < 4.78 is 4.96. The third kappa shape index (κ3) is 5.19. The first-order valence-electron chi connectivity index (χ1n) is 8.50. The highest BCUT2D eigenvalue weighted by molar-refractivity contribution is 5.88. The topological polar surface area (TPSA) is 82.1 Å². The maximum absolute atomic E-state index is 12.1. The maximum atomic E-state index is 12.1. The van der Waals surface area contributed by atoms with E-state index in [-0.39, 0.29) is 5.41 Å². The summed E-state index contributed by atoms with van der Waals surface area (Å²) in [5.74, 6) is -1.69. The van der Waals surface area contributed by atoms with Gasteiger partial charge in [-0.1, -0.05) is 38.5 Å². The standard InChI is InChI=1S/C19H26O6/c1-13-5-7-14(8-6-13)16(20)24-25-19(23-17(21)22)11-9-15(10-12-19)18(2,3)4/h5-8,15H,9-12H2,1-4H3,(H,21,22). The monoisotopic (exact) mass is 350 g/mol. The molecule has 1 N–H and O–H groups in total. The molecule has 0 atom stereocenters. The van der Waals surface area contributed by atoms with Gasteiger partial charge in [0.25, 0.3) is 5.79 Å². The first-order valence-corrected chi connectivity index (χ1v) is 8.50. The lowest BCUT2D eigenvalue weighted by Crippen LogP contribution is -2.43. The molecule has 25 heavy (non-hydrogen) atoms. The average molecular weight is 350 g/mol. The van der Waals surface area contributed by atoms with Gasteiger partial charge in [-0.3, -0.25) is 4.89 Å². The summed E-state index contributed by atoms with van der Waals surface area (Å²) in [6.45, 7) is 8.37. The van der Waals surface area contributed by atoms with E-state index in [9.17, 15) is 9.59 Å². The molecule has 0 radical (unpaired) electrons. The highest BCUT2D eigenvalue weighted by Gasteiger charge is 2.45. The zero-order valence-electron chi connectivity index (χ0n) is 15.2. The summed E-state index contributed by atoms with van der Waals surface area (Å²) in [5.41, 5.74) is 1.47. The van der Waals surface area contributed by atoms with E-state index in [2.05, 4.69) is 20.8 Å². The van der Waals surface area contributed by atoms with Gasteiger partial charge in [0, 0.05) is 12.8 Å². The van der Waals surface area contributed by atoms with Gasteiger partial charge in [0.15, 0.2) is 0 Å². The highest BCUT2D eigenvalue weighted by Crippen LogP contribution is 2.43. The second-order valence-electron chi connectivity index (χ2n) is 7.74. The quantitative estimate of drug-likeness (QED) is 0.366. The number of hydrogen-bond acceptors (Lipinski definition) is 5. The zero-order valence-corrected chi connectivity index (χ0v) is 15.2. The van der Waals surface area contributed by atoms with Crippen molar-refractivity contribution in [1.82, 2.24) is 0 Å². The van der Waals surface area contributed by atoms with Gasteiger partial charge >= 0.3 is 12.1 Å². The van der Waals surface area contributed by atoms with Crippen LogP contribution >= 0.6 is 0 Å². The highest BCUT2D eigenvalue weighted by atomic mass is 17.2. The zero-order chi connectivity index (χ0) is 18.7. The summed E-state index contributed by atoms with van der Waals surface area (Å²) in [6.07, 6.45) is 0.725. The van der Waals surface area contributed by atoms with Crippen molar-refractivity contribution in [3.63, 3.8) is 0 Å². The molecule has 1 aromatic carbocycles. The summed E-state index contributed by atoms with van der Waals surface area (Å²) in [6, 6.07) is 6.83. The Balaban J connectivity index is 2.02. The van der Waals surface area contributed by atoms with Crippen LogP contribution in [0.3, 0.4) is 0 Å². The van der Waals surface area contributed by atoms with Crippen LogP contribution in [0.1, 0.15) is 62.4 Å². The summed E-state index contributed by atoms with van der Waals surface area (Å²) in [5, 5.41) is 9.03. The molecule has 138 valence electrons. The lowest BCUT2D eigenvalue weighted by atomic mass is 9.71. The van der Waals surface area contributed by atoms with Crippen LogP contribution in [0.2, 0.25) is 0 Å². The molecule has 0 unspecified atom stereocenters. The van der Waals surface area contributed by atoms with Gasteiger partial charge in [-0.2, -0.15) is 0 Å². The summed E-state index contributed by atoms with van der Waals surface area (Å²) in [7, 11) is 0. The maximum Gasteiger partial charge on any atom is 0.508 e. The van der Waals surface area contributed by atoms with Crippen molar-refractivity contribution in [2.24, 2.45) is 11.3 Å². The Bertz CT molecular complexity index is 606. The van der Waals surface area contributed by atoms with Crippen molar-refractivity contribution < 1.29 is 29.2 Å². The van der Waals surface area contributed by atoms with Crippen molar-refractivity contribution in [3.05, 3.63) is 35.4 Å². The van der Waals surface area contributed by atoms with Crippen molar-refractivity contribution in [2.75, 3.05) is 0 Å². The lowest BCUT2D eigenvalue weighted by Gasteiger charge is -2.41. The molecule has 2 rings (SSSR count). The summed E-state index contributed by atoms with van der Waals surface area (Å²) >= 11 is 0. The molecule has 0 amide bonds. The minimum Gasteiger partial charge on any atom is -0.450 e. The smallest absolute Gasteiger partial charge is 0.450 e. The van der Waals surface area contributed by atoms with Gasteiger partial charge < -0.3 is 9.84 Å². The Kier molecular flexibility index (Phi) is 5.72. The molecule has 0 bridgehead atoms. The number of carboxylic acid groups (broad SMARTS) is 1. The van der Waals surface area contributed by atoms with Crippen molar-refractivity contribution in [1.29, 1.82) is 0 Å². The predicted octanol–water partition coefficient (Wildman–Crippen LogP) is 4.71. The normalized spacial score (nSPS) is 23.8. The van der Waals surface area contributed by atoms with E-state index < -0.39 is 17.9 Å². The van der Waals surface area contributed by atoms with E-state index in [1.54, 1.807) is 24.3 Å². The minimum absolute atomic E-state index is 0.119. The van der Waals surface area contributed by atoms with Gasteiger partial charge in [-0.25, -0.2) is 9.59 Å². The van der Waals surface area contributed by atoms with Gasteiger partial charge in [-0.15, -0.1) is 4.89 Å². The van der Waals surface area contributed by atoms with E-state index in [1.807, 2.05) is 6.92 Å². The van der Waals surface area contributed by atoms with E-state index in [4.69, 9.17) is 19.6 Å². The van der Waals surface area contributed by atoms with Gasteiger partial charge in [0.05, 0.1) is 5.56 Å². The molecule has 0 heterocycles. The average Bonchev–Trinajstić information content (AvgIpc) is 2.52. The van der Waals surface area contributed by atoms with Crippen LogP contribution in [-0.2, 0) is 14.5 Å². The third-order valence-corrected chi connectivity index (χ3v) is 4.80. The van der Waals surface area contributed by atoms with Crippen LogP contribution in [0.15, 0.2) is 24.3 Å². The molecule has 0 saturated heterocycles. The fourth-order valence-corrected chi connectivity index (χ4v) is 3.14. The molecule has 0 aromatic heterocycles. The Morgan fingerprint density at radius 3 is 2.16 bits per heavy atom. The first kappa shape index (κ1) is 19.2. The van der Waals surface area contributed by atoms with Gasteiger partial charge in [-0.05, 0) is 43.2 Å². The van der Waals surface area contributed by atoms with E-state index in [0.29, 0.717) is 24.3 Å². The fraction of sp³-hybridized carbons (Fsp3) is 0.579. The lowest BCUT2D eigenvalue weighted by molar-refractivity contribution is -0.393. The second-order valence-corrected chi connectivity index (χ2v) is 7.74. The number of rotatable bonds is 4. The van der Waals surface area contributed by atoms with Crippen molar-refractivity contribution >= 4 is 12.1 Å². The second kappa shape index (κ2) is 7.44. The number of hydrogen-bond donors (Lipinski definition) is 1. The van der Waals surface area contributed by atoms with E-state index in [0.717, 1.165) is 18.4 Å². The van der Waals surface area contributed by atoms with E-state index in [1.165, 1.54) is 0 Å². The molecule has 1 aromatic rings. The molecular weight excluding hydrogens is 324 g/mol. The number of carbonyl (C=O) groups is 2. The van der Waals surface area contributed by atoms with Gasteiger partial charge in [0.1, 0.15) is 0 Å². The number of ether oxygens (including phenoxy) is 1. The Morgan fingerprint density at radius 2 is 1.68 bits per heavy atom. The molecule has 1 saturated carbocycles. The Morgan fingerprint density at radius 1 is 1.12 bits per heavy atom. The van der Waals surface area contributed by atoms with Crippen LogP contribution in [-0.4, -0.2) is 23.0 Å². The number of aryl methyl sites for hydroxylation is 1. The summed E-state index contributed by atoms with van der Waals surface area (Å²) in [4.78, 5) is 33.3. The molecule has 1 aliphatic rings. The van der Waals surface area contributed by atoms with Gasteiger partial charge in [0.2, 0.25) is 0 Å². The molecule has 1 aliphatic carbocycles. The largest absolute Gasteiger partial charge is 0.508 e. The molecular formula is C19H26O6. The predicted molar refractivity (Wildman–Crippen MR) is 90.9 cm³/mol. The van der Waals surface area contributed by atoms with Crippen LogP contribution in [0.4, 0.5) is 4.79 Å². The molecule has 0 aliphatic heterocycles. The molecule has 6 nitrogen and oxygen atoms in total. The van der Waals surface area contributed by atoms with Crippen LogP contribution in [0.25, 0.3) is 0 Å². The Hall–Kier alpha value is -2.08. The fourth-order valence-electron chi connectivity index (χ4n) is 3.14. The van der Waals surface area contributed by atoms with Crippen molar-refractivity contribution in [3.8, 4) is 0 Å².